The molecule has 0 saturated heterocycles. The second-order valence-corrected chi connectivity index (χ2v) is 4.53. The third-order valence-corrected chi connectivity index (χ3v) is 3.02. The van der Waals surface area contributed by atoms with Crippen LogP contribution in [0.15, 0.2) is 36.4 Å². The molecule has 0 amide bonds. The number of halogens is 2. The molecule has 0 aliphatic heterocycles. The molecule has 4 heteroatoms. The largest absolute Gasteiger partial charge is 0.508 e. The fourth-order valence-electron chi connectivity index (χ4n) is 1.93. The molecule has 0 aliphatic carbocycles. The molecule has 2 rings (SSSR count). The summed E-state index contributed by atoms with van der Waals surface area (Å²) in [6.07, 6.45) is 0. The molecular formula is C15H15F2NO. The molecule has 0 heterocycles. The zero-order valence-electron chi connectivity index (χ0n) is 10.7. The van der Waals surface area contributed by atoms with Gasteiger partial charge in [-0.1, -0.05) is 12.1 Å². The van der Waals surface area contributed by atoms with E-state index in [4.69, 9.17) is 0 Å². The highest BCUT2D eigenvalue weighted by molar-refractivity contribution is 5.52. The van der Waals surface area contributed by atoms with Crippen molar-refractivity contribution in [3.05, 3.63) is 59.2 Å². The van der Waals surface area contributed by atoms with E-state index in [0.717, 1.165) is 11.6 Å². The minimum atomic E-state index is -0.492. The highest BCUT2D eigenvalue weighted by Gasteiger charge is 2.12. The Hall–Kier alpha value is -2.10. The average molecular weight is 263 g/mol. The predicted octanol–water partition coefficient (Wildman–Crippen LogP) is 4.15. The number of phenolic OH excluding ortho intramolecular Hbond substituents is 1. The number of aromatic hydroxyl groups is 1. The van der Waals surface area contributed by atoms with E-state index in [9.17, 15) is 13.9 Å². The van der Waals surface area contributed by atoms with Crippen molar-refractivity contribution in [1.82, 2.24) is 0 Å². The van der Waals surface area contributed by atoms with Gasteiger partial charge in [-0.15, -0.1) is 0 Å². The van der Waals surface area contributed by atoms with E-state index in [1.807, 2.05) is 6.92 Å². The normalized spacial score (nSPS) is 12.2. The minimum Gasteiger partial charge on any atom is -0.508 e. The van der Waals surface area contributed by atoms with Crippen molar-refractivity contribution in [3.63, 3.8) is 0 Å². The topological polar surface area (TPSA) is 32.3 Å². The van der Waals surface area contributed by atoms with Crippen LogP contribution in [0.3, 0.4) is 0 Å². The average Bonchev–Trinajstić information content (AvgIpc) is 2.33. The minimum absolute atomic E-state index is 0.115. The standard InChI is InChI=1S/C15H15F2NO/c1-9-3-4-11(16)7-15(9)18-10(2)13-6-5-12(19)8-14(13)17/h3-8,10,18-19H,1-2H3. The molecule has 0 aromatic heterocycles. The van der Waals surface area contributed by atoms with Crippen molar-refractivity contribution in [2.75, 3.05) is 5.32 Å². The lowest BCUT2D eigenvalue weighted by atomic mass is 10.1. The van der Waals surface area contributed by atoms with Gasteiger partial charge >= 0.3 is 0 Å². The number of hydrogen-bond acceptors (Lipinski definition) is 2. The van der Waals surface area contributed by atoms with Crippen LogP contribution in [-0.4, -0.2) is 5.11 Å². The first-order valence-corrected chi connectivity index (χ1v) is 5.98. The molecule has 19 heavy (non-hydrogen) atoms. The molecule has 0 saturated carbocycles. The summed E-state index contributed by atoms with van der Waals surface area (Å²) in [6, 6.07) is 8.09. The highest BCUT2D eigenvalue weighted by atomic mass is 19.1. The zero-order chi connectivity index (χ0) is 14.0. The molecular weight excluding hydrogens is 248 g/mol. The van der Waals surface area contributed by atoms with Crippen molar-refractivity contribution < 1.29 is 13.9 Å². The van der Waals surface area contributed by atoms with Crippen molar-refractivity contribution in [2.24, 2.45) is 0 Å². The Morgan fingerprint density at radius 2 is 1.84 bits per heavy atom. The lowest BCUT2D eigenvalue weighted by Gasteiger charge is -2.18. The van der Waals surface area contributed by atoms with E-state index in [2.05, 4.69) is 5.32 Å². The lowest BCUT2D eigenvalue weighted by Crippen LogP contribution is -2.09. The molecule has 100 valence electrons. The third kappa shape index (κ3) is 3.02. The third-order valence-electron chi connectivity index (χ3n) is 3.02. The van der Waals surface area contributed by atoms with Crippen LogP contribution in [0.25, 0.3) is 0 Å². The zero-order valence-corrected chi connectivity index (χ0v) is 10.7. The second kappa shape index (κ2) is 5.26. The Kier molecular flexibility index (Phi) is 3.69. The molecule has 0 spiro atoms. The van der Waals surface area contributed by atoms with Crippen molar-refractivity contribution in [2.45, 2.75) is 19.9 Å². The van der Waals surface area contributed by atoms with Gasteiger partial charge in [0.05, 0.1) is 6.04 Å². The molecule has 0 bridgehead atoms. The molecule has 2 aromatic rings. The summed E-state index contributed by atoms with van der Waals surface area (Å²) in [6.45, 7) is 3.63. The monoisotopic (exact) mass is 263 g/mol. The summed E-state index contributed by atoms with van der Waals surface area (Å²) in [7, 11) is 0. The van der Waals surface area contributed by atoms with Gasteiger partial charge in [-0.25, -0.2) is 8.78 Å². The maximum Gasteiger partial charge on any atom is 0.132 e. The summed E-state index contributed by atoms with van der Waals surface area (Å²) in [5, 5.41) is 12.2. The van der Waals surface area contributed by atoms with Gasteiger partial charge in [0.2, 0.25) is 0 Å². The van der Waals surface area contributed by atoms with Crippen LogP contribution in [0.4, 0.5) is 14.5 Å². The number of nitrogens with one attached hydrogen (secondary N) is 1. The molecule has 0 fully saturated rings. The quantitative estimate of drug-likeness (QED) is 0.871. The van der Waals surface area contributed by atoms with Crippen LogP contribution < -0.4 is 5.32 Å². The molecule has 2 aromatic carbocycles. The molecule has 1 unspecified atom stereocenters. The molecule has 2 N–H and O–H groups in total. The maximum atomic E-state index is 13.7. The fraction of sp³-hybridized carbons (Fsp3) is 0.200. The van der Waals surface area contributed by atoms with Gasteiger partial charge in [-0.05, 0) is 37.6 Å². The second-order valence-electron chi connectivity index (χ2n) is 4.53. The number of rotatable bonds is 3. The van der Waals surface area contributed by atoms with E-state index < -0.39 is 5.82 Å². The fourth-order valence-corrected chi connectivity index (χ4v) is 1.93. The first-order chi connectivity index (χ1) is 8.97. The van der Waals surface area contributed by atoms with E-state index in [1.54, 1.807) is 13.0 Å². The van der Waals surface area contributed by atoms with Crippen LogP contribution in [0.2, 0.25) is 0 Å². The van der Waals surface area contributed by atoms with Gasteiger partial charge in [0.15, 0.2) is 0 Å². The van der Waals surface area contributed by atoms with Crippen molar-refractivity contribution >= 4 is 5.69 Å². The Balaban J connectivity index is 2.25. The Labute approximate surface area is 110 Å². The van der Waals surface area contributed by atoms with Gasteiger partial charge in [-0.3, -0.25) is 0 Å². The summed E-state index contributed by atoms with van der Waals surface area (Å²) in [4.78, 5) is 0. The van der Waals surface area contributed by atoms with E-state index in [1.165, 1.54) is 24.3 Å². The van der Waals surface area contributed by atoms with Crippen LogP contribution in [0.5, 0.6) is 5.75 Å². The number of phenols is 1. The lowest BCUT2D eigenvalue weighted by molar-refractivity contribution is 0.467. The van der Waals surface area contributed by atoms with Gasteiger partial charge in [0.1, 0.15) is 17.4 Å². The number of aryl methyl sites for hydroxylation is 1. The first-order valence-electron chi connectivity index (χ1n) is 5.98. The van der Waals surface area contributed by atoms with Crippen LogP contribution in [0, 0.1) is 18.6 Å². The Morgan fingerprint density at radius 3 is 2.53 bits per heavy atom. The summed E-state index contributed by atoms with van der Waals surface area (Å²) < 4.78 is 26.9. The Bertz CT molecular complexity index is 599. The summed E-state index contributed by atoms with van der Waals surface area (Å²) >= 11 is 0. The summed E-state index contributed by atoms with van der Waals surface area (Å²) in [5.74, 6) is -0.948. The predicted molar refractivity (Wildman–Crippen MR) is 71.2 cm³/mol. The highest BCUT2D eigenvalue weighted by Crippen LogP contribution is 2.26. The SMILES string of the molecule is Cc1ccc(F)cc1NC(C)c1ccc(O)cc1F. The van der Waals surface area contributed by atoms with Crippen LogP contribution >= 0.6 is 0 Å². The van der Waals surface area contributed by atoms with E-state index in [0.29, 0.717) is 11.3 Å². The molecule has 0 aliphatic rings. The van der Waals surface area contributed by atoms with Gasteiger partial charge in [0, 0.05) is 17.3 Å². The molecule has 0 radical (unpaired) electrons. The maximum absolute atomic E-state index is 13.7. The first kappa shape index (κ1) is 13.3. The number of hydrogen-bond donors (Lipinski definition) is 2. The smallest absolute Gasteiger partial charge is 0.132 e. The van der Waals surface area contributed by atoms with Crippen molar-refractivity contribution in [1.29, 1.82) is 0 Å². The number of benzene rings is 2. The van der Waals surface area contributed by atoms with E-state index in [-0.39, 0.29) is 17.6 Å². The number of anilines is 1. The molecule has 2 nitrogen and oxygen atoms in total. The Morgan fingerprint density at radius 1 is 1.11 bits per heavy atom. The van der Waals surface area contributed by atoms with E-state index >= 15 is 0 Å². The van der Waals surface area contributed by atoms with Crippen LogP contribution in [-0.2, 0) is 0 Å². The molecule has 1 atom stereocenters. The van der Waals surface area contributed by atoms with Crippen molar-refractivity contribution in [3.8, 4) is 5.75 Å². The van der Waals surface area contributed by atoms with Gasteiger partial charge in [-0.2, -0.15) is 0 Å². The van der Waals surface area contributed by atoms with Gasteiger partial charge < -0.3 is 10.4 Å². The van der Waals surface area contributed by atoms with Crippen LogP contribution in [0.1, 0.15) is 24.1 Å². The van der Waals surface area contributed by atoms with Gasteiger partial charge in [0.25, 0.3) is 0 Å². The summed E-state index contributed by atoms with van der Waals surface area (Å²) in [5.41, 5.74) is 1.92.